The van der Waals surface area contributed by atoms with Crippen molar-refractivity contribution < 1.29 is 4.79 Å². The molecule has 0 aliphatic heterocycles. The van der Waals surface area contributed by atoms with Crippen LogP contribution in [-0.4, -0.2) is 23.5 Å². The van der Waals surface area contributed by atoms with Crippen molar-refractivity contribution in [3.05, 3.63) is 24.0 Å². The molecule has 0 saturated carbocycles. The van der Waals surface area contributed by atoms with Gasteiger partial charge in [-0.2, -0.15) is 0 Å². The minimum absolute atomic E-state index is 0.0269. The molecule has 4 nitrogen and oxygen atoms in total. The molecule has 4 heteroatoms. The highest BCUT2D eigenvalue weighted by Gasteiger charge is 2.07. The Labute approximate surface area is 96.5 Å². The maximum absolute atomic E-state index is 11.6. The number of carbonyl (C=O) groups is 1. The van der Waals surface area contributed by atoms with Crippen molar-refractivity contribution in [3.63, 3.8) is 0 Å². The van der Waals surface area contributed by atoms with Crippen molar-refractivity contribution >= 4 is 11.6 Å². The zero-order valence-corrected chi connectivity index (χ0v) is 10.1. The molecule has 1 rings (SSSR count). The van der Waals surface area contributed by atoms with Crippen LogP contribution in [0.25, 0.3) is 0 Å². The monoisotopic (exact) mass is 221 g/mol. The number of hydrogen-bond acceptors (Lipinski definition) is 3. The van der Waals surface area contributed by atoms with Gasteiger partial charge in [0.15, 0.2) is 0 Å². The molecule has 0 aliphatic rings. The van der Waals surface area contributed by atoms with E-state index in [1.54, 1.807) is 12.3 Å². The van der Waals surface area contributed by atoms with Gasteiger partial charge in [0.25, 0.3) is 0 Å². The largest absolute Gasteiger partial charge is 0.326 e. The van der Waals surface area contributed by atoms with Gasteiger partial charge in [0.2, 0.25) is 5.91 Å². The van der Waals surface area contributed by atoms with Crippen LogP contribution in [0.2, 0.25) is 0 Å². The molecule has 0 spiro atoms. The van der Waals surface area contributed by atoms with Crippen LogP contribution in [0.4, 0.5) is 5.69 Å². The average molecular weight is 221 g/mol. The molecule has 0 aromatic carbocycles. The van der Waals surface area contributed by atoms with E-state index in [0.717, 1.165) is 17.9 Å². The maximum Gasteiger partial charge on any atom is 0.225 e. The van der Waals surface area contributed by atoms with E-state index in [4.69, 9.17) is 0 Å². The van der Waals surface area contributed by atoms with Crippen LogP contribution in [-0.2, 0) is 4.79 Å². The predicted molar refractivity (Wildman–Crippen MR) is 65.4 cm³/mol. The van der Waals surface area contributed by atoms with Gasteiger partial charge in [-0.15, -0.1) is 0 Å². The van der Waals surface area contributed by atoms with Gasteiger partial charge in [-0.1, -0.05) is 6.92 Å². The standard InChI is InChI=1S/C12H19N3O/c1-4-13-10(3)8-12(16)15-11-5-6-14-9(2)7-11/h5-7,10,13H,4,8H2,1-3H3,(H,14,15,16). The third-order valence-electron chi connectivity index (χ3n) is 2.22. The zero-order chi connectivity index (χ0) is 12.0. The second-order valence-corrected chi connectivity index (χ2v) is 3.90. The molecule has 1 atom stereocenters. The van der Waals surface area contributed by atoms with Gasteiger partial charge in [-0.05, 0) is 32.5 Å². The summed E-state index contributed by atoms with van der Waals surface area (Å²) < 4.78 is 0. The molecule has 1 aromatic rings. The summed E-state index contributed by atoms with van der Waals surface area (Å²) in [5.41, 5.74) is 1.71. The van der Waals surface area contributed by atoms with Crippen LogP contribution < -0.4 is 10.6 Å². The normalized spacial score (nSPS) is 12.2. The number of pyridine rings is 1. The van der Waals surface area contributed by atoms with Crippen molar-refractivity contribution in [2.24, 2.45) is 0 Å². The molecule has 0 bridgehead atoms. The summed E-state index contributed by atoms with van der Waals surface area (Å²) in [5, 5.41) is 6.05. The Kier molecular flexibility index (Phi) is 4.92. The highest BCUT2D eigenvalue weighted by molar-refractivity contribution is 5.91. The lowest BCUT2D eigenvalue weighted by atomic mass is 10.2. The van der Waals surface area contributed by atoms with E-state index in [9.17, 15) is 4.79 Å². The van der Waals surface area contributed by atoms with Gasteiger partial charge in [0, 0.05) is 30.0 Å². The molecule has 2 N–H and O–H groups in total. The molecule has 0 aliphatic carbocycles. The lowest BCUT2D eigenvalue weighted by Crippen LogP contribution is -2.30. The molecule has 1 unspecified atom stereocenters. The quantitative estimate of drug-likeness (QED) is 0.796. The minimum atomic E-state index is 0.0269. The number of carbonyl (C=O) groups excluding carboxylic acids is 1. The van der Waals surface area contributed by atoms with Crippen molar-refractivity contribution in [2.75, 3.05) is 11.9 Å². The zero-order valence-electron chi connectivity index (χ0n) is 10.1. The molecule has 1 aromatic heterocycles. The average Bonchev–Trinajstić information content (AvgIpc) is 2.17. The third-order valence-corrected chi connectivity index (χ3v) is 2.22. The maximum atomic E-state index is 11.6. The number of hydrogen-bond donors (Lipinski definition) is 2. The van der Waals surface area contributed by atoms with Gasteiger partial charge in [-0.3, -0.25) is 9.78 Å². The van der Waals surface area contributed by atoms with E-state index in [2.05, 4.69) is 15.6 Å². The Morgan fingerprint density at radius 3 is 2.94 bits per heavy atom. The minimum Gasteiger partial charge on any atom is -0.326 e. The summed E-state index contributed by atoms with van der Waals surface area (Å²) in [6.07, 6.45) is 2.17. The fraction of sp³-hybridized carbons (Fsp3) is 0.500. The fourth-order valence-corrected chi connectivity index (χ4v) is 1.53. The van der Waals surface area contributed by atoms with Crippen molar-refractivity contribution in [2.45, 2.75) is 33.2 Å². The molecule has 1 heterocycles. The van der Waals surface area contributed by atoms with E-state index >= 15 is 0 Å². The van der Waals surface area contributed by atoms with E-state index in [-0.39, 0.29) is 11.9 Å². The van der Waals surface area contributed by atoms with Crippen LogP contribution in [0.3, 0.4) is 0 Å². The van der Waals surface area contributed by atoms with Crippen LogP contribution in [0.5, 0.6) is 0 Å². The van der Waals surface area contributed by atoms with E-state index < -0.39 is 0 Å². The van der Waals surface area contributed by atoms with Crippen molar-refractivity contribution in [1.29, 1.82) is 0 Å². The lowest BCUT2D eigenvalue weighted by molar-refractivity contribution is -0.116. The number of anilines is 1. The smallest absolute Gasteiger partial charge is 0.225 e. The van der Waals surface area contributed by atoms with Gasteiger partial charge in [-0.25, -0.2) is 0 Å². The SMILES string of the molecule is CCNC(C)CC(=O)Nc1ccnc(C)c1. The number of aromatic nitrogens is 1. The van der Waals surface area contributed by atoms with Crippen LogP contribution in [0, 0.1) is 6.92 Å². The molecule has 88 valence electrons. The Morgan fingerprint density at radius 2 is 2.31 bits per heavy atom. The molecule has 0 fully saturated rings. The van der Waals surface area contributed by atoms with Crippen molar-refractivity contribution in [1.82, 2.24) is 10.3 Å². The second kappa shape index (κ2) is 6.23. The molecule has 1 amide bonds. The topological polar surface area (TPSA) is 54.0 Å². The lowest BCUT2D eigenvalue weighted by Gasteiger charge is -2.12. The van der Waals surface area contributed by atoms with Gasteiger partial charge >= 0.3 is 0 Å². The summed E-state index contributed by atoms with van der Waals surface area (Å²) in [5.74, 6) is 0.0269. The summed E-state index contributed by atoms with van der Waals surface area (Å²) in [7, 11) is 0. The molecule has 0 saturated heterocycles. The number of nitrogens with one attached hydrogen (secondary N) is 2. The summed E-state index contributed by atoms with van der Waals surface area (Å²) in [6, 6.07) is 3.85. The number of nitrogens with zero attached hydrogens (tertiary/aromatic N) is 1. The summed E-state index contributed by atoms with van der Waals surface area (Å²) in [4.78, 5) is 15.7. The van der Waals surface area contributed by atoms with Crippen LogP contribution in [0.15, 0.2) is 18.3 Å². The Hall–Kier alpha value is -1.42. The third kappa shape index (κ3) is 4.40. The van der Waals surface area contributed by atoms with Crippen LogP contribution >= 0.6 is 0 Å². The summed E-state index contributed by atoms with van der Waals surface area (Å²) >= 11 is 0. The Balaban J connectivity index is 2.45. The van der Waals surface area contributed by atoms with E-state index in [0.29, 0.717) is 6.42 Å². The molecular weight excluding hydrogens is 202 g/mol. The second-order valence-electron chi connectivity index (χ2n) is 3.90. The van der Waals surface area contributed by atoms with Gasteiger partial charge < -0.3 is 10.6 Å². The highest BCUT2D eigenvalue weighted by Crippen LogP contribution is 2.07. The van der Waals surface area contributed by atoms with Crippen LogP contribution in [0.1, 0.15) is 26.0 Å². The summed E-state index contributed by atoms with van der Waals surface area (Å²) in [6.45, 7) is 6.81. The molecule has 0 radical (unpaired) electrons. The number of amides is 1. The number of rotatable bonds is 5. The first kappa shape index (κ1) is 12.6. The molecular formula is C12H19N3O. The Morgan fingerprint density at radius 1 is 1.56 bits per heavy atom. The van der Waals surface area contributed by atoms with Gasteiger partial charge in [0.1, 0.15) is 0 Å². The Bertz CT molecular complexity index is 352. The van der Waals surface area contributed by atoms with Crippen molar-refractivity contribution in [3.8, 4) is 0 Å². The van der Waals surface area contributed by atoms with E-state index in [1.807, 2.05) is 26.8 Å². The first-order chi connectivity index (χ1) is 7.61. The fourth-order valence-electron chi connectivity index (χ4n) is 1.53. The predicted octanol–water partition coefficient (Wildman–Crippen LogP) is 1.72. The first-order valence-corrected chi connectivity index (χ1v) is 5.57. The van der Waals surface area contributed by atoms with E-state index in [1.165, 1.54) is 0 Å². The highest BCUT2D eigenvalue weighted by atomic mass is 16.1. The van der Waals surface area contributed by atoms with Gasteiger partial charge in [0.05, 0.1) is 0 Å². The molecule has 16 heavy (non-hydrogen) atoms. The first-order valence-electron chi connectivity index (χ1n) is 5.57. The number of aryl methyl sites for hydroxylation is 1.